The van der Waals surface area contributed by atoms with E-state index < -0.39 is 24.2 Å². The lowest BCUT2D eigenvalue weighted by Gasteiger charge is -2.31. The molecule has 0 spiro atoms. The lowest BCUT2D eigenvalue weighted by atomic mass is 10.1. The highest BCUT2D eigenvalue weighted by molar-refractivity contribution is 8.05. The number of nitrogens with zero attached hydrogens (tertiary/aromatic N) is 1. The molecule has 1 aliphatic rings. The summed E-state index contributed by atoms with van der Waals surface area (Å²) >= 11 is 10.4. The van der Waals surface area contributed by atoms with E-state index in [1.807, 2.05) is 5.32 Å². The summed E-state index contributed by atoms with van der Waals surface area (Å²) in [6.45, 7) is 0.346. The summed E-state index contributed by atoms with van der Waals surface area (Å²) in [5.74, 6) is -1.97. The number of hydrogen-bond donors (Lipinski definition) is 1. The molecule has 0 aromatic heterocycles. The minimum absolute atomic E-state index is 0.173. The number of halogens is 5. The van der Waals surface area contributed by atoms with E-state index in [4.69, 9.17) is 22.5 Å². The zero-order valence-corrected chi connectivity index (χ0v) is 11.3. The average Bonchev–Trinajstić information content (AvgIpc) is 2.17. The Labute approximate surface area is 111 Å². The molecule has 0 radical (unpaired) electrons. The summed E-state index contributed by atoms with van der Waals surface area (Å²) < 4.78 is 51.6. The molecular formula is C7H10Cl2F3N2O3P. The van der Waals surface area contributed by atoms with Gasteiger partial charge in [-0.2, -0.15) is 18.2 Å². The lowest BCUT2D eigenvalue weighted by molar-refractivity contribution is -0.175. The van der Waals surface area contributed by atoms with Crippen molar-refractivity contribution in [3.05, 3.63) is 0 Å². The average molecular weight is 329 g/mol. The molecule has 18 heavy (non-hydrogen) atoms. The molecule has 0 bridgehead atoms. The quantitative estimate of drug-likeness (QED) is 0.809. The van der Waals surface area contributed by atoms with Crippen LogP contribution in [-0.4, -0.2) is 36.3 Å². The highest BCUT2D eigenvalue weighted by Crippen LogP contribution is 2.58. The van der Waals surface area contributed by atoms with Gasteiger partial charge in [-0.05, 0) is 35.3 Å². The summed E-state index contributed by atoms with van der Waals surface area (Å²) in [7, 11) is 0. The monoisotopic (exact) mass is 328 g/mol. The van der Waals surface area contributed by atoms with Crippen LogP contribution in [0.15, 0.2) is 0 Å². The molecule has 0 unspecified atom stereocenters. The Balaban J connectivity index is 2.36. The number of carbonyl (C=O) groups excluding carboxylic acids is 1. The van der Waals surface area contributed by atoms with Crippen molar-refractivity contribution >= 4 is 34.5 Å². The second-order valence-electron chi connectivity index (χ2n) is 3.67. The smallest absolute Gasteiger partial charge is 0.345 e. The Bertz CT molecular complexity index is 354. The van der Waals surface area contributed by atoms with Gasteiger partial charge in [0.25, 0.3) is 0 Å². The first-order chi connectivity index (χ1) is 8.08. The van der Waals surface area contributed by atoms with Crippen LogP contribution in [0.2, 0.25) is 0 Å². The summed E-state index contributed by atoms with van der Waals surface area (Å²) in [4.78, 5) is 10.7. The van der Waals surface area contributed by atoms with Crippen molar-refractivity contribution in [2.75, 3.05) is 13.1 Å². The molecule has 0 aliphatic carbocycles. The van der Waals surface area contributed by atoms with Crippen molar-refractivity contribution in [2.45, 2.75) is 25.1 Å². The number of hydrogen-bond acceptors (Lipinski definition) is 4. The Morgan fingerprint density at radius 3 is 2.22 bits per heavy atom. The van der Waals surface area contributed by atoms with Crippen LogP contribution >= 0.6 is 28.6 Å². The fraction of sp³-hybridized carbons (Fsp3) is 0.857. The number of amides is 1. The molecule has 1 N–H and O–H groups in total. The zero-order chi connectivity index (χ0) is 14.0. The third-order valence-electron chi connectivity index (χ3n) is 2.26. The van der Waals surface area contributed by atoms with Crippen LogP contribution in [0.5, 0.6) is 0 Å². The minimum Gasteiger partial charge on any atom is -0.345 e. The number of carbonyl (C=O) groups is 1. The summed E-state index contributed by atoms with van der Waals surface area (Å²) in [5, 5.41) is 3.07. The maximum atomic E-state index is 12.0. The molecule has 1 heterocycles. The molecule has 0 aromatic carbocycles. The van der Waals surface area contributed by atoms with Crippen LogP contribution in [0.1, 0.15) is 12.8 Å². The van der Waals surface area contributed by atoms with Crippen LogP contribution in [0.3, 0.4) is 0 Å². The van der Waals surface area contributed by atoms with E-state index in [1.54, 1.807) is 0 Å². The van der Waals surface area contributed by atoms with E-state index >= 15 is 0 Å². The van der Waals surface area contributed by atoms with Crippen LogP contribution in [0.4, 0.5) is 13.2 Å². The molecule has 5 nitrogen and oxygen atoms in total. The van der Waals surface area contributed by atoms with Crippen LogP contribution in [-0.2, 0) is 14.0 Å². The zero-order valence-electron chi connectivity index (χ0n) is 8.91. The van der Waals surface area contributed by atoms with Gasteiger partial charge < -0.3 is 5.32 Å². The Hall–Kier alpha value is -0.0100. The maximum absolute atomic E-state index is 12.0. The van der Waals surface area contributed by atoms with Gasteiger partial charge in [0.2, 0.25) is 0 Å². The van der Waals surface area contributed by atoms with Gasteiger partial charge in [-0.3, -0.25) is 9.36 Å². The molecule has 0 aromatic rings. The number of nitrogens with one attached hydrogen (secondary N) is 1. The van der Waals surface area contributed by atoms with Gasteiger partial charge in [0.15, 0.2) is 0 Å². The van der Waals surface area contributed by atoms with Gasteiger partial charge in [0.05, 0.1) is 0 Å². The standard InChI is InChI=1S/C7H10Cl2F3N2O3P/c8-18(9,16)17-14-3-1-5(2-4-14)13-6(15)7(10,11)12/h5H,1-4H2,(H,13,15). The highest BCUT2D eigenvalue weighted by Gasteiger charge is 2.40. The second kappa shape index (κ2) is 5.96. The molecule has 1 fully saturated rings. The Kier molecular flexibility index (Phi) is 5.32. The third kappa shape index (κ3) is 5.75. The van der Waals surface area contributed by atoms with Gasteiger partial charge in [-0.15, -0.1) is 0 Å². The highest BCUT2D eigenvalue weighted by atomic mass is 35.9. The molecule has 106 valence electrons. The van der Waals surface area contributed by atoms with Gasteiger partial charge >= 0.3 is 18.2 Å². The van der Waals surface area contributed by atoms with E-state index in [2.05, 4.69) is 4.62 Å². The Morgan fingerprint density at radius 1 is 1.33 bits per heavy atom. The van der Waals surface area contributed by atoms with Gasteiger partial charge in [-0.25, -0.2) is 4.62 Å². The second-order valence-corrected chi connectivity index (χ2v) is 7.85. The van der Waals surface area contributed by atoms with Crippen LogP contribution < -0.4 is 5.32 Å². The van der Waals surface area contributed by atoms with E-state index in [0.29, 0.717) is 0 Å². The first-order valence-electron chi connectivity index (χ1n) is 4.89. The first-order valence-corrected chi connectivity index (χ1v) is 8.33. The number of piperidine rings is 1. The van der Waals surface area contributed by atoms with Crippen molar-refractivity contribution < 1.29 is 27.2 Å². The molecule has 1 aliphatic heterocycles. The van der Waals surface area contributed by atoms with E-state index in [0.717, 1.165) is 0 Å². The third-order valence-corrected chi connectivity index (χ3v) is 3.05. The first kappa shape index (κ1) is 16.0. The summed E-state index contributed by atoms with van der Waals surface area (Å²) in [6.07, 6.45) is -8.16. The molecule has 1 rings (SSSR count). The van der Waals surface area contributed by atoms with Gasteiger partial charge in [0.1, 0.15) is 0 Å². The minimum atomic E-state index is -4.89. The summed E-state index contributed by atoms with van der Waals surface area (Å²) in [5.41, 5.74) is 0. The van der Waals surface area contributed by atoms with Crippen LogP contribution in [0, 0.1) is 0 Å². The fourth-order valence-corrected chi connectivity index (χ4v) is 2.44. The SMILES string of the molecule is O=C(NC1CCN(OP(=O)(Cl)Cl)CC1)C(F)(F)F. The van der Waals surface area contributed by atoms with Gasteiger partial charge in [0, 0.05) is 19.1 Å². The molecule has 11 heteroatoms. The van der Waals surface area contributed by atoms with Crippen molar-refractivity contribution in [3.63, 3.8) is 0 Å². The van der Waals surface area contributed by atoms with Crippen LogP contribution in [0.25, 0.3) is 0 Å². The van der Waals surface area contributed by atoms with Crippen molar-refractivity contribution in [2.24, 2.45) is 0 Å². The number of hydroxylamine groups is 2. The van der Waals surface area contributed by atoms with E-state index in [-0.39, 0.29) is 25.9 Å². The maximum Gasteiger partial charge on any atom is 0.471 e. The molecule has 0 saturated carbocycles. The van der Waals surface area contributed by atoms with Crippen molar-refractivity contribution in [1.82, 2.24) is 10.4 Å². The lowest BCUT2D eigenvalue weighted by Crippen LogP contribution is -2.48. The Morgan fingerprint density at radius 2 is 1.83 bits per heavy atom. The van der Waals surface area contributed by atoms with E-state index in [1.165, 1.54) is 5.06 Å². The molecular weight excluding hydrogens is 319 g/mol. The topological polar surface area (TPSA) is 58.6 Å². The summed E-state index contributed by atoms with van der Waals surface area (Å²) in [6, 6.07) is -0.607. The number of alkyl halides is 3. The number of rotatable bonds is 3. The van der Waals surface area contributed by atoms with E-state index in [9.17, 15) is 22.5 Å². The predicted octanol–water partition coefficient (Wildman–Crippen LogP) is 2.65. The normalized spacial score (nSPS) is 19.8. The van der Waals surface area contributed by atoms with Crippen molar-refractivity contribution in [1.29, 1.82) is 0 Å². The largest absolute Gasteiger partial charge is 0.471 e. The van der Waals surface area contributed by atoms with Crippen molar-refractivity contribution in [3.8, 4) is 0 Å². The molecule has 1 saturated heterocycles. The van der Waals surface area contributed by atoms with Gasteiger partial charge in [-0.1, -0.05) is 0 Å². The molecule has 1 amide bonds. The predicted molar refractivity (Wildman–Crippen MR) is 59.2 cm³/mol. The fourth-order valence-electron chi connectivity index (χ4n) is 1.48. The molecule has 0 atom stereocenters.